The zero-order chi connectivity index (χ0) is 10.6. The third-order valence-corrected chi connectivity index (χ3v) is 4.35. The van der Waals surface area contributed by atoms with Crippen LogP contribution in [0.2, 0.25) is 0 Å². The zero-order valence-corrected chi connectivity index (χ0v) is 11.8. The average molecular weight is 296 g/mol. The molecular weight excluding hydrogens is 280 g/mol. The van der Waals surface area contributed by atoms with Gasteiger partial charge in [-0.15, -0.1) is 22.9 Å². The number of hydrogen-bond acceptors (Lipinski definition) is 1. The van der Waals surface area contributed by atoms with E-state index in [4.69, 9.17) is 11.6 Å². The Morgan fingerprint density at radius 1 is 1.50 bits per heavy atom. The van der Waals surface area contributed by atoms with Crippen LogP contribution in [-0.4, -0.2) is 0 Å². The number of unbranched alkanes of at least 4 members (excludes halogenated alkanes) is 2. The molecule has 0 saturated heterocycles. The van der Waals surface area contributed by atoms with Gasteiger partial charge in [0.1, 0.15) is 0 Å². The van der Waals surface area contributed by atoms with Crippen molar-refractivity contribution < 1.29 is 0 Å². The van der Waals surface area contributed by atoms with Gasteiger partial charge in [0.2, 0.25) is 0 Å². The van der Waals surface area contributed by atoms with Crippen LogP contribution in [0.3, 0.4) is 0 Å². The van der Waals surface area contributed by atoms with E-state index in [2.05, 4.69) is 35.8 Å². The highest BCUT2D eigenvalue weighted by atomic mass is 79.9. The first-order chi connectivity index (χ1) is 6.65. The first-order valence-corrected chi connectivity index (χ1v) is 7.09. The molecule has 0 saturated carbocycles. The second-order valence-electron chi connectivity index (χ2n) is 3.53. The van der Waals surface area contributed by atoms with Crippen molar-refractivity contribution in [3.8, 4) is 0 Å². The minimum atomic E-state index is 0.198. The SMILES string of the molecule is CCCCCC(Cl)c1cc(Br)sc1C. The third-order valence-electron chi connectivity index (χ3n) is 2.32. The van der Waals surface area contributed by atoms with E-state index in [1.54, 1.807) is 11.3 Å². The predicted molar refractivity (Wildman–Crippen MR) is 69.5 cm³/mol. The van der Waals surface area contributed by atoms with Gasteiger partial charge in [-0.25, -0.2) is 0 Å². The van der Waals surface area contributed by atoms with Gasteiger partial charge in [-0.3, -0.25) is 0 Å². The molecule has 3 heteroatoms. The summed E-state index contributed by atoms with van der Waals surface area (Å²) < 4.78 is 1.19. The van der Waals surface area contributed by atoms with Crippen LogP contribution in [0.25, 0.3) is 0 Å². The van der Waals surface area contributed by atoms with Crippen LogP contribution in [0.4, 0.5) is 0 Å². The van der Waals surface area contributed by atoms with E-state index in [9.17, 15) is 0 Å². The van der Waals surface area contributed by atoms with Crippen molar-refractivity contribution in [2.24, 2.45) is 0 Å². The molecule has 0 fully saturated rings. The second kappa shape index (κ2) is 6.14. The molecule has 0 aliphatic rings. The maximum atomic E-state index is 6.35. The highest BCUT2D eigenvalue weighted by Gasteiger charge is 2.12. The third kappa shape index (κ3) is 3.56. The number of rotatable bonds is 5. The Balaban J connectivity index is 2.51. The second-order valence-corrected chi connectivity index (χ2v) is 6.69. The fraction of sp³-hybridized carbons (Fsp3) is 0.636. The monoisotopic (exact) mass is 294 g/mol. The molecule has 0 spiro atoms. The first kappa shape index (κ1) is 12.5. The van der Waals surface area contributed by atoms with Crippen molar-refractivity contribution in [1.82, 2.24) is 0 Å². The van der Waals surface area contributed by atoms with Crippen molar-refractivity contribution in [3.63, 3.8) is 0 Å². The van der Waals surface area contributed by atoms with E-state index < -0.39 is 0 Å². The lowest BCUT2D eigenvalue weighted by atomic mass is 10.1. The fourth-order valence-corrected chi connectivity index (χ4v) is 3.72. The van der Waals surface area contributed by atoms with E-state index in [0.29, 0.717) is 0 Å². The molecule has 0 aliphatic heterocycles. The van der Waals surface area contributed by atoms with E-state index in [0.717, 1.165) is 6.42 Å². The number of halogens is 2. The highest BCUT2D eigenvalue weighted by Crippen LogP contribution is 2.36. The standard InChI is InChI=1S/C11H16BrClS/c1-3-4-5-6-10(13)9-7-11(12)14-8(9)2/h7,10H,3-6H2,1-2H3. The maximum absolute atomic E-state index is 6.35. The summed E-state index contributed by atoms with van der Waals surface area (Å²) in [6.45, 7) is 4.36. The number of alkyl halides is 1. The highest BCUT2D eigenvalue weighted by molar-refractivity contribution is 9.11. The van der Waals surface area contributed by atoms with Crippen molar-refractivity contribution in [1.29, 1.82) is 0 Å². The minimum Gasteiger partial charge on any atom is -0.133 e. The van der Waals surface area contributed by atoms with Gasteiger partial charge in [0.05, 0.1) is 9.16 Å². The summed E-state index contributed by atoms with van der Waals surface area (Å²) in [6, 6.07) is 2.16. The summed E-state index contributed by atoms with van der Waals surface area (Å²) in [4.78, 5) is 1.34. The molecule has 1 rings (SSSR count). The molecule has 1 atom stereocenters. The molecular formula is C11H16BrClS. The van der Waals surface area contributed by atoms with Crippen molar-refractivity contribution >= 4 is 38.9 Å². The molecule has 1 aromatic heterocycles. The van der Waals surface area contributed by atoms with Gasteiger partial charge in [0, 0.05) is 4.88 Å². The summed E-state index contributed by atoms with van der Waals surface area (Å²) in [5.41, 5.74) is 1.31. The predicted octanol–water partition coefficient (Wildman–Crippen LogP) is 5.68. The number of aryl methyl sites for hydroxylation is 1. The van der Waals surface area contributed by atoms with Crippen LogP contribution < -0.4 is 0 Å². The van der Waals surface area contributed by atoms with E-state index in [1.165, 1.54) is 33.5 Å². The van der Waals surface area contributed by atoms with E-state index >= 15 is 0 Å². The lowest BCUT2D eigenvalue weighted by Crippen LogP contribution is -1.90. The van der Waals surface area contributed by atoms with Gasteiger partial charge < -0.3 is 0 Å². The quantitative estimate of drug-likeness (QED) is 0.484. The average Bonchev–Trinajstić information content (AvgIpc) is 2.45. The molecule has 0 radical (unpaired) electrons. The molecule has 1 unspecified atom stereocenters. The van der Waals surface area contributed by atoms with Crippen molar-refractivity contribution in [2.75, 3.05) is 0 Å². The van der Waals surface area contributed by atoms with Crippen LogP contribution >= 0.6 is 38.9 Å². The smallest absolute Gasteiger partial charge is 0.0704 e. The molecule has 0 aliphatic carbocycles. The first-order valence-electron chi connectivity index (χ1n) is 5.05. The fourth-order valence-electron chi connectivity index (χ4n) is 1.50. The van der Waals surface area contributed by atoms with Gasteiger partial charge in [-0.1, -0.05) is 26.2 Å². The Hall–Kier alpha value is 0.470. The topological polar surface area (TPSA) is 0 Å². The van der Waals surface area contributed by atoms with Crippen LogP contribution in [0.1, 0.15) is 48.4 Å². The van der Waals surface area contributed by atoms with Gasteiger partial charge in [0.15, 0.2) is 0 Å². The molecule has 1 aromatic rings. The molecule has 14 heavy (non-hydrogen) atoms. The van der Waals surface area contributed by atoms with Crippen molar-refractivity contribution in [3.05, 3.63) is 20.3 Å². The normalized spacial score (nSPS) is 13.1. The lowest BCUT2D eigenvalue weighted by Gasteiger charge is -2.08. The summed E-state index contributed by atoms with van der Waals surface area (Å²) in [7, 11) is 0. The van der Waals surface area contributed by atoms with Crippen LogP contribution in [0, 0.1) is 6.92 Å². The van der Waals surface area contributed by atoms with Crippen molar-refractivity contribution in [2.45, 2.75) is 44.9 Å². The molecule has 0 aromatic carbocycles. The molecule has 0 bridgehead atoms. The van der Waals surface area contributed by atoms with Gasteiger partial charge in [-0.05, 0) is 40.9 Å². The largest absolute Gasteiger partial charge is 0.133 e. The minimum absolute atomic E-state index is 0.198. The number of thiophene rings is 1. The summed E-state index contributed by atoms with van der Waals surface area (Å²) in [5.74, 6) is 0. The van der Waals surface area contributed by atoms with Crippen LogP contribution in [0.15, 0.2) is 9.85 Å². The Morgan fingerprint density at radius 2 is 2.21 bits per heavy atom. The Morgan fingerprint density at radius 3 is 2.71 bits per heavy atom. The molecule has 0 amide bonds. The molecule has 1 heterocycles. The lowest BCUT2D eigenvalue weighted by molar-refractivity contribution is 0.655. The van der Waals surface area contributed by atoms with E-state index in [1.807, 2.05) is 0 Å². The van der Waals surface area contributed by atoms with Crippen LogP contribution in [-0.2, 0) is 0 Å². The zero-order valence-electron chi connectivity index (χ0n) is 8.65. The summed E-state index contributed by atoms with van der Waals surface area (Å²) in [6.07, 6.45) is 4.88. The Kier molecular flexibility index (Phi) is 5.50. The molecule has 80 valence electrons. The maximum Gasteiger partial charge on any atom is 0.0704 e. The molecule has 0 N–H and O–H groups in total. The Labute approximate surface area is 104 Å². The summed E-state index contributed by atoms with van der Waals surface area (Å²) >= 11 is 11.6. The van der Waals surface area contributed by atoms with Gasteiger partial charge in [0.25, 0.3) is 0 Å². The summed E-state index contributed by atoms with van der Waals surface area (Å²) in [5, 5.41) is 0.198. The Bertz CT molecular complexity index is 283. The van der Waals surface area contributed by atoms with Gasteiger partial charge >= 0.3 is 0 Å². The molecule has 0 nitrogen and oxygen atoms in total. The van der Waals surface area contributed by atoms with Crippen LogP contribution in [0.5, 0.6) is 0 Å². The van der Waals surface area contributed by atoms with Gasteiger partial charge in [-0.2, -0.15) is 0 Å². The number of hydrogen-bond donors (Lipinski definition) is 0. The van der Waals surface area contributed by atoms with E-state index in [-0.39, 0.29) is 5.38 Å².